The third-order valence-electron chi connectivity index (χ3n) is 3.38. The fourth-order valence-electron chi connectivity index (χ4n) is 2.25. The van der Waals surface area contributed by atoms with Crippen molar-refractivity contribution in [1.82, 2.24) is 19.7 Å². The molecule has 0 aliphatic carbocycles. The molecule has 0 saturated carbocycles. The molecule has 2 heterocycles. The second-order valence-corrected chi connectivity index (χ2v) is 8.41. The lowest BCUT2D eigenvalue weighted by Gasteiger charge is -2.11. The van der Waals surface area contributed by atoms with Gasteiger partial charge in [0.05, 0.1) is 11.0 Å². The summed E-state index contributed by atoms with van der Waals surface area (Å²) in [5.41, 5.74) is 1.09. The molecule has 1 aromatic carbocycles. The topological polar surface area (TPSA) is 90.9 Å². The monoisotopic (exact) mass is 334 g/mol. The Bertz CT molecular complexity index is 964. The molecule has 0 spiro atoms. The number of aromatic nitrogens is 4. The van der Waals surface area contributed by atoms with Gasteiger partial charge in [-0.2, -0.15) is 4.98 Å². The van der Waals surface area contributed by atoms with E-state index in [4.69, 9.17) is 4.52 Å². The SMILES string of the molecule is CC(C)(C)c1noc(Cn2c(S(C)(=O)=O)nc3ccccc32)n1. The Balaban J connectivity index is 2.10. The minimum atomic E-state index is -3.48. The molecule has 8 heteroatoms. The van der Waals surface area contributed by atoms with Crippen molar-refractivity contribution in [2.45, 2.75) is 37.9 Å². The smallest absolute Gasteiger partial charge is 0.246 e. The van der Waals surface area contributed by atoms with E-state index in [0.717, 1.165) is 6.26 Å². The molecule has 0 amide bonds. The van der Waals surface area contributed by atoms with Gasteiger partial charge in [0.25, 0.3) is 0 Å². The van der Waals surface area contributed by atoms with E-state index < -0.39 is 9.84 Å². The highest BCUT2D eigenvalue weighted by molar-refractivity contribution is 7.90. The van der Waals surface area contributed by atoms with Gasteiger partial charge in [-0.1, -0.05) is 38.1 Å². The van der Waals surface area contributed by atoms with Crippen LogP contribution in [0.25, 0.3) is 11.0 Å². The van der Waals surface area contributed by atoms with Crippen LogP contribution in [-0.4, -0.2) is 34.4 Å². The Labute approximate surface area is 134 Å². The highest BCUT2D eigenvalue weighted by atomic mass is 32.2. The third-order valence-corrected chi connectivity index (χ3v) is 4.36. The highest BCUT2D eigenvalue weighted by Crippen LogP contribution is 2.22. The van der Waals surface area contributed by atoms with Crippen LogP contribution in [0.3, 0.4) is 0 Å². The van der Waals surface area contributed by atoms with Gasteiger partial charge < -0.3 is 9.09 Å². The number of fused-ring (bicyclic) bond motifs is 1. The summed E-state index contributed by atoms with van der Waals surface area (Å²) >= 11 is 0. The zero-order valence-electron chi connectivity index (χ0n) is 13.4. The van der Waals surface area contributed by atoms with Crippen LogP contribution in [0.1, 0.15) is 32.5 Å². The van der Waals surface area contributed by atoms with Crippen molar-refractivity contribution in [3.8, 4) is 0 Å². The van der Waals surface area contributed by atoms with Crippen LogP contribution in [0.2, 0.25) is 0 Å². The van der Waals surface area contributed by atoms with Crippen molar-refractivity contribution in [3.05, 3.63) is 36.0 Å². The Morgan fingerprint density at radius 1 is 1.17 bits per heavy atom. The lowest BCUT2D eigenvalue weighted by Crippen LogP contribution is -2.14. The van der Waals surface area contributed by atoms with Crippen molar-refractivity contribution in [2.24, 2.45) is 0 Å². The minimum Gasteiger partial charge on any atom is -0.337 e. The molecule has 122 valence electrons. The van der Waals surface area contributed by atoms with Crippen LogP contribution in [0.4, 0.5) is 0 Å². The van der Waals surface area contributed by atoms with Gasteiger partial charge in [0, 0.05) is 11.7 Å². The van der Waals surface area contributed by atoms with Gasteiger partial charge in [0.1, 0.15) is 6.54 Å². The number of benzene rings is 1. The first-order valence-electron chi connectivity index (χ1n) is 7.14. The number of imidazole rings is 1. The standard InChI is InChI=1S/C15H18N4O3S/c1-15(2,3)13-17-12(22-18-13)9-19-11-8-6-5-7-10(11)16-14(19)23(4,20)21/h5-8H,9H2,1-4H3. The predicted molar refractivity (Wildman–Crippen MR) is 84.9 cm³/mol. The van der Waals surface area contributed by atoms with Crippen LogP contribution in [0, 0.1) is 0 Å². The molecule has 0 aliphatic heterocycles. The summed E-state index contributed by atoms with van der Waals surface area (Å²) in [5.74, 6) is 0.931. The van der Waals surface area contributed by atoms with Gasteiger partial charge in [-0.3, -0.25) is 0 Å². The van der Waals surface area contributed by atoms with Crippen molar-refractivity contribution < 1.29 is 12.9 Å². The van der Waals surface area contributed by atoms with Gasteiger partial charge >= 0.3 is 0 Å². The summed E-state index contributed by atoms with van der Waals surface area (Å²) < 4.78 is 30.9. The first-order valence-corrected chi connectivity index (χ1v) is 9.04. The first kappa shape index (κ1) is 15.7. The lowest BCUT2D eigenvalue weighted by molar-refractivity contribution is 0.355. The van der Waals surface area contributed by atoms with Crippen LogP contribution >= 0.6 is 0 Å². The summed E-state index contributed by atoms with van der Waals surface area (Å²) in [7, 11) is -3.48. The summed E-state index contributed by atoms with van der Waals surface area (Å²) in [4.78, 5) is 8.59. The quantitative estimate of drug-likeness (QED) is 0.729. The molecule has 3 rings (SSSR count). The molecule has 7 nitrogen and oxygen atoms in total. The summed E-state index contributed by atoms with van der Waals surface area (Å²) in [6, 6.07) is 7.24. The van der Waals surface area contributed by atoms with E-state index in [9.17, 15) is 8.42 Å². The minimum absolute atomic E-state index is 0.00536. The van der Waals surface area contributed by atoms with Gasteiger partial charge in [-0.25, -0.2) is 13.4 Å². The zero-order chi connectivity index (χ0) is 16.8. The van der Waals surface area contributed by atoms with Gasteiger partial charge in [0.15, 0.2) is 5.82 Å². The fraction of sp³-hybridized carbons (Fsp3) is 0.400. The Hall–Kier alpha value is -2.22. The molecular formula is C15H18N4O3S. The van der Waals surface area contributed by atoms with Crippen LogP contribution in [0.5, 0.6) is 0 Å². The second kappa shape index (κ2) is 5.16. The van der Waals surface area contributed by atoms with E-state index in [-0.39, 0.29) is 17.1 Å². The molecule has 23 heavy (non-hydrogen) atoms. The van der Waals surface area contributed by atoms with Gasteiger partial charge in [-0.05, 0) is 12.1 Å². The van der Waals surface area contributed by atoms with E-state index in [1.807, 2.05) is 39.0 Å². The van der Waals surface area contributed by atoms with Crippen LogP contribution in [-0.2, 0) is 21.8 Å². The summed E-state index contributed by atoms with van der Waals surface area (Å²) in [5, 5.41) is 3.97. The largest absolute Gasteiger partial charge is 0.337 e. The van der Waals surface area contributed by atoms with E-state index in [2.05, 4.69) is 15.1 Å². The molecule has 3 aromatic rings. The Morgan fingerprint density at radius 3 is 2.48 bits per heavy atom. The van der Waals surface area contributed by atoms with E-state index in [1.165, 1.54) is 0 Å². The van der Waals surface area contributed by atoms with Crippen molar-refractivity contribution in [2.75, 3.05) is 6.26 Å². The number of para-hydroxylation sites is 2. The third kappa shape index (κ3) is 2.98. The first-order chi connectivity index (χ1) is 10.7. The number of rotatable bonds is 3. The van der Waals surface area contributed by atoms with Crippen molar-refractivity contribution >= 4 is 20.9 Å². The Morgan fingerprint density at radius 2 is 1.87 bits per heavy atom. The average molecular weight is 334 g/mol. The second-order valence-electron chi connectivity index (χ2n) is 6.50. The van der Waals surface area contributed by atoms with E-state index in [1.54, 1.807) is 10.6 Å². The maximum absolute atomic E-state index is 12.0. The number of nitrogens with zero attached hydrogens (tertiary/aromatic N) is 4. The van der Waals surface area contributed by atoms with Crippen molar-refractivity contribution in [3.63, 3.8) is 0 Å². The maximum atomic E-state index is 12.0. The summed E-state index contributed by atoms with van der Waals surface area (Å²) in [6.45, 7) is 6.11. The molecule has 0 fully saturated rings. The molecule has 0 aliphatic rings. The predicted octanol–water partition coefficient (Wildman–Crippen LogP) is 2.17. The van der Waals surface area contributed by atoms with Gasteiger partial charge in [0.2, 0.25) is 20.9 Å². The molecule has 0 atom stereocenters. The normalized spacial score (nSPS) is 12.9. The Kier molecular flexibility index (Phi) is 3.51. The highest BCUT2D eigenvalue weighted by Gasteiger charge is 2.24. The van der Waals surface area contributed by atoms with E-state index >= 15 is 0 Å². The molecule has 0 N–H and O–H groups in total. The maximum Gasteiger partial charge on any atom is 0.246 e. The zero-order valence-corrected chi connectivity index (χ0v) is 14.3. The summed E-state index contributed by atoms with van der Waals surface area (Å²) in [6.07, 6.45) is 1.14. The number of sulfone groups is 1. The van der Waals surface area contributed by atoms with Crippen LogP contribution in [0.15, 0.2) is 33.9 Å². The number of hydrogen-bond acceptors (Lipinski definition) is 6. The lowest BCUT2D eigenvalue weighted by atomic mass is 9.96. The molecule has 2 aromatic heterocycles. The number of hydrogen-bond donors (Lipinski definition) is 0. The van der Waals surface area contributed by atoms with Crippen molar-refractivity contribution in [1.29, 1.82) is 0 Å². The molecule has 0 bridgehead atoms. The fourth-order valence-corrected chi connectivity index (χ4v) is 3.08. The average Bonchev–Trinajstić information content (AvgIpc) is 3.03. The molecule has 0 radical (unpaired) electrons. The molecule has 0 unspecified atom stereocenters. The van der Waals surface area contributed by atoms with E-state index in [0.29, 0.717) is 22.7 Å². The van der Waals surface area contributed by atoms with Crippen LogP contribution < -0.4 is 0 Å². The molecule has 0 saturated heterocycles. The van der Waals surface area contributed by atoms with Gasteiger partial charge in [-0.15, -0.1) is 0 Å². The molecular weight excluding hydrogens is 316 g/mol.